The van der Waals surface area contributed by atoms with Crippen molar-refractivity contribution in [1.82, 2.24) is 14.9 Å². The molecule has 0 bridgehead atoms. The van der Waals surface area contributed by atoms with E-state index < -0.39 is 0 Å². The number of fused-ring (bicyclic) bond motifs is 2. The lowest BCUT2D eigenvalue weighted by atomic mass is 9.97. The molecule has 0 unspecified atom stereocenters. The summed E-state index contributed by atoms with van der Waals surface area (Å²) in [6, 6.07) is 4.49. The second-order valence-corrected chi connectivity index (χ2v) is 9.66. The number of nitrogens with zero attached hydrogens (tertiary/aromatic N) is 4. The molecule has 31 heavy (non-hydrogen) atoms. The number of hydrogen-bond donors (Lipinski definition) is 0. The summed E-state index contributed by atoms with van der Waals surface area (Å²) < 4.78 is 20.0. The third kappa shape index (κ3) is 3.16. The number of carbonyl (C=O) groups excluding carboxylic acids is 1. The van der Waals surface area contributed by atoms with E-state index in [2.05, 4.69) is 34.4 Å². The number of halogens is 1. The van der Waals surface area contributed by atoms with Crippen molar-refractivity contribution in [3.63, 3.8) is 0 Å². The number of oxazole rings is 1. The summed E-state index contributed by atoms with van der Waals surface area (Å²) in [5.41, 5.74) is 3.30. The summed E-state index contributed by atoms with van der Waals surface area (Å²) in [4.78, 5) is 19.5. The number of piperidine rings is 1. The molecule has 0 radical (unpaired) electrons. The first-order chi connectivity index (χ1) is 15.1. The van der Waals surface area contributed by atoms with Crippen LogP contribution in [-0.4, -0.2) is 63.2 Å². The lowest BCUT2D eigenvalue weighted by molar-refractivity contribution is -0.949. The summed E-state index contributed by atoms with van der Waals surface area (Å²) in [5.74, 6) is 2.62. The number of rotatable bonds is 3. The fourth-order valence-corrected chi connectivity index (χ4v) is 6.06. The number of amides is 1. The normalized spacial score (nSPS) is 26.5. The van der Waals surface area contributed by atoms with Crippen molar-refractivity contribution in [2.45, 2.75) is 18.8 Å². The van der Waals surface area contributed by atoms with E-state index in [9.17, 15) is 9.18 Å². The largest absolute Gasteiger partial charge is 0.440 e. The molecule has 2 fully saturated rings. The molecule has 6 rings (SSSR count). The van der Waals surface area contributed by atoms with Crippen LogP contribution in [0.3, 0.4) is 0 Å². The van der Waals surface area contributed by atoms with Crippen LogP contribution in [0, 0.1) is 5.82 Å². The highest BCUT2D eigenvalue weighted by Crippen LogP contribution is 2.40. The molecule has 1 atom stereocenters. The van der Waals surface area contributed by atoms with Gasteiger partial charge in [0.1, 0.15) is 24.1 Å². The standard InChI is InChI=1S/C23H24FN4O2S/c24-18-3-4-20-21(13-18)30-22(25-20)16-5-7-27(8-6-16)28-10-1-2-19(28)12-17(14-28)23(29)26-9-11-31-15-26/h1-4,10,12-13,16H,5-9,11,14-15H2/q+1/t28-/m1/s1. The highest BCUT2D eigenvalue weighted by atomic mass is 32.2. The van der Waals surface area contributed by atoms with Crippen LogP contribution in [0.1, 0.15) is 24.7 Å². The molecule has 1 amide bonds. The summed E-state index contributed by atoms with van der Waals surface area (Å²) in [6.07, 6.45) is 10.4. The number of quaternary nitrogens is 1. The lowest BCUT2D eigenvalue weighted by Crippen LogP contribution is -2.56. The second kappa shape index (κ2) is 7.32. The van der Waals surface area contributed by atoms with Crippen LogP contribution >= 0.6 is 11.8 Å². The Morgan fingerprint density at radius 2 is 2.13 bits per heavy atom. The van der Waals surface area contributed by atoms with E-state index in [1.807, 2.05) is 16.7 Å². The van der Waals surface area contributed by atoms with Gasteiger partial charge in [0, 0.05) is 49.5 Å². The highest BCUT2D eigenvalue weighted by Gasteiger charge is 2.48. The fourth-order valence-electron chi connectivity index (χ4n) is 5.11. The van der Waals surface area contributed by atoms with Gasteiger partial charge in [-0.15, -0.1) is 16.8 Å². The van der Waals surface area contributed by atoms with Crippen molar-refractivity contribution in [1.29, 1.82) is 0 Å². The van der Waals surface area contributed by atoms with Crippen LogP contribution in [-0.2, 0) is 4.79 Å². The Bertz CT molecular complexity index is 1140. The molecule has 160 valence electrons. The van der Waals surface area contributed by atoms with E-state index in [1.165, 1.54) is 17.8 Å². The van der Waals surface area contributed by atoms with Crippen molar-refractivity contribution in [3.05, 3.63) is 65.6 Å². The maximum atomic E-state index is 13.5. The third-order valence-corrected chi connectivity index (χ3v) is 7.75. The molecular formula is C23H24FN4O2S+. The fraction of sp³-hybridized carbons (Fsp3) is 0.391. The third-order valence-electron chi connectivity index (χ3n) is 6.79. The number of hydrogen-bond acceptors (Lipinski definition) is 5. The minimum atomic E-state index is -0.305. The van der Waals surface area contributed by atoms with Crippen molar-refractivity contribution in [3.8, 4) is 0 Å². The smallest absolute Gasteiger partial charge is 0.256 e. The molecule has 5 heterocycles. The quantitative estimate of drug-likeness (QED) is 0.682. The Balaban J connectivity index is 1.17. The minimum Gasteiger partial charge on any atom is -0.440 e. The van der Waals surface area contributed by atoms with Crippen LogP contribution in [0.4, 0.5) is 4.39 Å². The van der Waals surface area contributed by atoms with Crippen molar-refractivity contribution < 1.29 is 18.2 Å². The maximum absolute atomic E-state index is 13.5. The Labute approximate surface area is 184 Å². The Morgan fingerprint density at radius 1 is 1.26 bits per heavy atom. The van der Waals surface area contributed by atoms with E-state index in [1.54, 1.807) is 6.07 Å². The average molecular weight is 440 g/mol. The molecule has 0 saturated carbocycles. The Kier molecular flexibility index (Phi) is 4.55. The predicted octanol–water partition coefficient (Wildman–Crippen LogP) is 3.76. The van der Waals surface area contributed by atoms with E-state index >= 15 is 0 Å². The van der Waals surface area contributed by atoms with Crippen LogP contribution < -0.4 is 0 Å². The number of benzene rings is 1. The van der Waals surface area contributed by atoms with Gasteiger partial charge in [-0.1, -0.05) is 0 Å². The van der Waals surface area contributed by atoms with E-state index in [-0.39, 0.29) is 17.6 Å². The molecule has 0 aliphatic carbocycles. The van der Waals surface area contributed by atoms with Crippen LogP contribution in [0.5, 0.6) is 0 Å². The first-order valence-electron chi connectivity index (χ1n) is 10.8. The van der Waals surface area contributed by atoms with Gasteiger partial charge in [0.2, 0.25) is 0 Å². The molecule has 1 aromatic carbocycles. The molecule has 1 aromatic heterocycles. The van der Waals surface area contributed by atoms with Crippen molar-refractivity contribution >= 4 is 28.8 Å². The van der Waals surface area contributed by atoms with E-state index in [4.69, 9.17) is 4.42 Å². The molecule has 8 heteroatoms. The number of thioether (sulfide) groups is 1. The average Bonchev–Trinajstić information content (AvgIpc) is 3.55. The summed E-state index contributed by atoms with van der Waals surface area (Å²) >= 11 is 1.82. The van der Waals surface area contributed by atoms with Gasteiger partial charge in [0.15, 0.2) is 17.2 Å². The van der Waals surface area contributed by atoms with E-state index in [0.717, 1.165) is 49.7 Å². The Hall–Kier alpha value is -2.42. The molecule has 0 N–H and O–H groups in total. The van der Waals surface area contributed by atoms with Gasteiger partial charge < -0.3 is 9.32 Å². The summed E-state index contributed by atoms with van der Waals surface area (Å²) in [7, 11) is 0. The number of carbonyl (C=O) groups is 1. The zero-order chi connectivity index (χ0) is 21.0. The van der Waals surface area contributed by atoms with Gasteiger partial charge in [0.05, 0.1) is 11.4 Å². The van der Waals surface area contributed by atoms with Crippen LogP contribution in [0.25, 0.3) is 11.1 Å². The topological polar surface area (TPSA) is 49.6 Å². The predicted molar refractivity (Wildman–Crippen MR) is 117 cm³/mol. The first-order valence-corrected chi connectivity index (χ1v) is 11.9. The molecular weight excluding hydrogens is 415 g/mol. The SMILES string of the molecule is O=C(C1=CC2=CC=C[N@@+]2(N2CCC(c3nc4ccc(F)cc4o3)CC2)C1)N1CCSC1. The van der Waals surface area contributed by atoms with Gasteiger partial charge in [0.25, 0.3) is 5.91 Å². The zero-order valence-corrected chi connectivity index (χ0v) is 18.0. The molecule has 0 spiro atoms. The zero-order valence-electron chi connectivity index (χ0n) is 17.2. The summed E-state index contributed by atoms with van der Waals surface area (Å²) in [5, 5.41) is 2.45. The van der Waals surface area contributed by atoms with Gasteiger partial charge in [-0.05, 0) is 31.1 Å². The first kappa shape index (κ1) is 19.3. The molecule has 2 saturated heterocycles. The molecule has 4 aliphatic heterocycles. The Morgan fingerprint density at radius 3 is 2.94 bits per heavy atom. The van der Waals surface area contributed by atoms with Crippen LogP contribution in [0.15, 0.2) is 58.3 Å². The summed E-state index contributed by atoms with van der Waals surface area (Å²) in [6.45, 7) is 3.30. The molecule has 2 aromatic rings. The monoisotopic (exact) mass is 439 g/mol. The lowest BCUT2D eigenvalue weighted by Gasteiger charge is -2.42. The maximum Gasteiger partial charge on any atom is 0.256 e. The van der Waals surface area contributed by atoms with Crippen LogP contribution in [0.2, 0.25) is 0 Å². The highest BCUT2D eigenvalue weighted by molar-refractivity contribution is 7.99. The molecule has 4 aliphatic rings. The van der Waals surface area contributed by atoms with Crippen molar-refractivity contribution in [2.24, 2.45) is 0 Å². The minimum absolute atomic E-state index is 0.180. The van der Waals surface area contributed by atoms with E-state index in [0.29, 0.717) is 28.1 Å². The van der Waals surface area contributed by atoms with Gasteiger partial charge >= 0.3 is 0 Å². The van der Waals surface area contributed by atoms with Crippen molar-refractivity contribution in [2.75, 3.05) is 37.8 Å². The second-order valence-electron chi connectivity index (χ2n) is 8.59. The molecule has 6 nitrogen and oxygen atoms in total. The van der Waals surface area contributed by atoms with Gasteiger partial charge in [-0.3, -0.25) is 4.79 Å². The number of aromatic nitrogens is 1. The van der Waals surface area contributed by atoms with Gasteiger partial charge in [-0.25, -0.2) is 9.37 Å². The van der Waals surface area contributed by atoms with Gasteiger partial charge in [-0.2, -0.15) is 4.59 Å². The number of allylic oxidation sites excluding steroid dienone is 3.